The smallest absolute Gasteiger partial charge is 0.282 e. The molecule has 1 N–H and O–H groups in total. The number of ketones is 1. The van der Waals surface area contributed by atoms with Crippen molar-refractivity contribution in [2.24, 2.45) is 0 Å². The number of aryl methyl sites for hydroxylation is 2. The molecule has 0 aliphatic rings. The summed E-state index contributed by atoms with van der Waals surface area (Å²) in [5.74, 6) is -0.210. The second kappa shape index (κ2) is 11.2. The number of thioether (sulfide) groups is 1. The van der Waals surface area contributed by atoms with Gasteiger partial charge in [-0.3, -0.25) is 9.59 Å². The van der Waals surface area contributed by atoms with Crippen LogP contribution in [0.5, 0.6) is 0 Å². The quantitative estimate of drug-likeness (QED) is 0.217. The van der Waals surface area contributed by atoms with E-state index in [1.54, 1.807) is 12.1 Å². The van der Waals surface area contributed by atoms with Crippen molar-refractivity contribution in [3.63, 3.8) is 0 Å². The predicted molar refractivity (Wildman–Crippen MR) is 149 cm³/mol. The van der Waals surface area contributed by atoms with Crippen molar-refractivity contribution < 1.29 is 4.79 Å². The van der Waals surface area contributed by atoms with Crippen molar-refractivity contribution in [3.05, 3.63) is 136 Å². The monoisotopic (exact) mass is 506 g/mol. The van der Waals surface area contributed by atoms with Gasteiger partial charge in [-0.1, -0.05) is 91.0 Å². The maximum Gasteiger partial charge on any atom is 0.282 e. The van der Waals surface area contributed by atoms with E-state index in [0.29, 0.717) is 24.1 Å². The van der Waals surface area contributed by atoms with Crippen LogP contribution < -0.4 is 11.0 Å². The van der Waals surface area contributed by atoms with E-state index in [0.717, 1.165) is 22.6 Å². The minimum atomic E-state index is -0.349. The Labute approximate surface area is 219 Å². The van der Waals surface area contributed by atoms with E-state index in [2.05, 4.69) is 22.5 Å². The summed E-state index contributed by atoms with van der Waals surface area (Å²) in [6, 6.07) is 29.0. The summed E-state index contributed by atoms with van der Waals surface area (Å²) in [5.41, 5.74) is 6.91. The third-order valence-electron chi connectivity index (χ3n) is 6.19. The van der Waals surface area contributed by atoms with Crippen LogP contribution >= 0.6 is 11.8 Å². The Bertz CT molecular complexity index is 1590. The number of rotatable bonds is 9. The lowest BCUT2D eigenvalue weighted by Crippen LogP contribution is -2.30. The highest BCUT2D eigenvalue weighted by atomic mass is 32.2. The van der Waals surface area contributed by atoms with Crippen LogP contribution in [-0.4, -0.2) is 26.7 Å². The van der Waals surface area contributed by atoms with Crippen molar-refractivity contribution in [2.75, 3.05) is 11.7 Å². The molecule has 184 valence electrons. The molecule has 0 radical (unpaired) electrons. The van der Waals surface area contributed by atoms with Gasteiger partial charge in [0.1, 0.15) is 6.33 Å². The molecule has 7 heteroatoms. The first-order valence-corrected chi connectivity index (χ1v) is 13.3. The largest absolute Gasteiger partial charge is 0.317 e. The van der Waals surface area contributed by atoms with Gasteiger partial charge in [-0.25, -0.2) is 14.6 Å². The highest BCUT2D eigenvalue weighted by Crippen LogP contribution is 2.31. The Kier molecular flexibility index (Phi) is 7.42. The predicted octanol–water partition coefficient (Wildman–Crippen LogP) is 5.27. The number of aromatic nitrogens is 3. The third kappa shape index (κ3) is 5.32. The average Bonchev–Trinajstić information content (AvgIpc) is 2.96. The molecule has 0 aliphatic heterocycles. The van der Waals surface area contributed by atoms with E-state index in [1.807, 2.05) is 73.0 Å². The Morgan fingerprint density at radius 2 is 1.49 bits per heavy atom. The first-order valence-electron chi connectivity index (χ1n) is 12.1. The van der Waals surface area contributed by atoms with Crippen LogP contribution in [0.15, 0.2) is 107 Å². The molecule has 0 spiro atoms. The lowest BCUT2D eigenvalue weighted by molar-refractivity contribution is 0.103. The Balaban J connectivity index is 1.63. The maximum atomic E-state index is 13.9. The van der Waals surface area contributed by atoms with Gasteiger partial charge in [-0.2, -0.15) is 0 Å². The minimum absolute atomic E-state index is 0.210. The van der Waals surface area contributed by atoms with Crippen molar-refractivity contribution in [2.45, 2.75) is 24.3 Å². The molecular formula is C30H26N4O2S. The van der Waals surface area contributed by atoms with E-state index in [9.17, 15) is 9.59 Å². The molecule has 0 saturated carbocycles. The first kappa shape index (κ1) is 24.5. The van der Waals surface area contributed by atoms with E-state index >= 15 is 0 Å². The fourth-order valence-electron chi connectivity index (χ4n) is 4.32. The van der Waals surface area contributed by atoms with Crippen LogP contribution in [0.4, 0.5) is 0 Å². The average molecular weight is 507 g/mol. The molecule has 3 aromatic carbocycles. The summed E-state index contributed by atoms with van der Waals surface area (Å²) < 4.78 is 1.34. The molecule has 37 heavy (non-hydrogen) atoms. The molecular weight excluding hydrogens is 480 g/mol. The number of hydrogen-bond acceptors (Lipinski definition) is 6. The van der Waals surface area contributed by atoms with Crippen LogP contribution in [0, 0.1) is 0 Å². The number of carbonyl (C=O) groups is 1. The second-order valence-electron chi connectivity index (χ2n) is 8.59. The van der Waals surface area contributed by atoms with Crippen LogP contribution in [0.3, 0.4) is 0 Å². The molecule has 0 aliphatic carbocycles. The van der Waals surface area contributed by atoms with Crippen molar-refractivity contribution in [3.8, 4) is 0 Å². The first-order chi connectivity index (χ1) is 18.2. The highest BCUT2D eigenvalue weighted by Gasteiger charge is 2.25. The second-order valence-corrected chi connectivity index (χ2v) is 9.40. The normalized spacial score (nSPS) is 10.9. The number of nitrogens with one attached hydrogen (secondary N) is 1. The summed E-state index contributed by atoms with van der Waals surface area (Å²) in [4.78, 5) is 37.6. The lowest BCUT2D eigenvalue weighted by atomic mass is 9.98. The third-order valence-corrected chi connectivity index (χ3v) is 7.04. The zero-order valence-electron chi connectivity index (χ0n) is 20.4. The maximum absolute atomic E-state index is 13.9. The number of nitrogens with zero attached hydrogens (tertiary/aromatic N) is 3. The van der Waals surface area contributed by atoms with Gasteiger partial charge in [-0.15, -0.1) is 11.8 Å². The van der Waals surface area contributed by atoms with E-state index in [1.165, 1.54) is 28.3 Å². The molecule has 0 bridgehead atoms. The summed E-state index contributed by atoms with van der Waals surface area (Å²) >= 11 is 1.44. The van der Waals surface area contributed by atoms with Crippen LogP contribution in [-0.2, 0) is 19.4 Å². The van der Waals surface area contributed by atoms with Gasteiger partial charge >= 0.3 is 0 Å². The van der Waals surface area contributed by atoms with Gasteiger partial charge < -0.3 is 5.43 Å². The van der Waals surface area contributed by atoms with Gasteiger partial charge in [-0.05, 0) is 30.2 Å². The van der Waals surface area contributed by atoms with Crippen LogP contribution in [0.2, 0.25) is 0 Å². The Morgan fingerprint density at radius 1 is 0.865 bits per heavy atom. The fraction of sp³-hybridized carbons (Fsp3) is 0.133. The molecule has 0 fully saturated rings. The molecule has 2 aromatic heterocycles. The number of pyridine rings is 1. The number of fused-ring (bicyclic) bond motifs is 1. The highest BCUT2D eigenvalue weighted by molar-refractivity contribution is 7.98. The van der Waals surface area contributed by atoms with Gasteiger partial charge in [0.05, 0.1) is 23.2 Å². The molecule has 5 aromatic rings. The summed E-state index contributed by atoms with van der Waals surface area (Å²) in [6.07, 6.45) is 4.75. The van der Waals surface area contributed by atoms with Gasteiger partial charge in [0.2, 0.25) is 0 Å². The topological polar surface area (TPSA) is 76.9 Å². The van der Waals surface area contributed by atoms with Crippen molar-refractivity contribution in [1.29, 1.82) is 0 Å². The minimum Gasteiger partial charge on any atom is -0.317 e. The van der Waals surface area contributed by atoms with Gasteiger partial charge in [0, 0.05) is 10.5 Å². The SMILES string of the molecule is CSc1c(CCc2ccccc2)nc2ncn(NCc3ccccc3)c(=O)c2c1C(=O)c1ccccc1. The lowest BCUT2D eigenvalue weighted by Gasteiger charge is -2.16. The van der Waals surface area contributed by atoms with E-state index < -0.39 is 0 Å². The summed E-state index contributed by atoms with van der Waals surface area (Å²) in [7, 11) is 0. The molecule has 0 amide bonds. The van der Waals surface area contributed by atoms with E-state index in [4.69, 9.17) is 4.98 Å². The molecule has 0 atom stereocenters. The zero-order valence-corrected chi connectivity index (χ0v) is 21.2. The van der Waals surface area contributed by atoms with Gasteiger partial charge in [0.15, 0.2) is 11.4 Å². The van der Waals surface area contributed by atoms with Crippen LogP contribution in [0.25, 0.3) is 11.0 Å². The number of benzene rings is 3. The molecule has 0 saturated heterocycles. The Hall–Kier alpha value is -4.23. The van der Waals surface area contributed by atoms with Crippen LogP contribution in [0.1, 0.15) is 32.7 Å². The standard InChI is InChI=1S/C30H26N4O2S/c1-37-28-24(18-17-21-11-5-2-6-12-21)33-29-26(25(28)27(35)23-15-9-4-10-16-23)30(36)34(20-31-29)32-19-22-13-7-3-8-14-22/h2-16,20,32H,17-19H2,1H3. The molecule has 5 rings (SSSR count). The molecule has 6 nitrogen and oxygen atoms in total. The fourth-order valence-corrected chi connectivity index (χ4v) is 5.10. The molecule has 0 unspecified atom stereocenters. The van der Waals surface area contributed by atoms with Crippen molar-refractivity contribution in [1.82, 2.24) is 14.6 Å². The number of hydrogen-bond donors (Lipinski definition) is 1. The van der Waals surface area contributed by atoms with Gasteiger partial charge in [0.25, 0.3) is 5.56 Å². The number of carbonyl (C=O) groups excluding carboxylic acids is 1. The zero-order chi connectivity index (χ0) is 25.6. The van der Waals surface area contributed by atoms with Crippen molar-refractivity contribution >= 4 is 28.6 Å². The summed E-state index contributed by atoms with van der Waals surface area (Å²) in [6.45, 7) is 0.438. The summed E-state index contributed by atoms with van der Waals surface area (Å²) in [5, 5.41) is 0.227. The molecule has 2 heterocycles. The Morgan fingerprint density at radius 3 is 2.14 bits per heavy atom. The van der Waals surface area contributed by atoms with E-state index in [-0.39, 0.29) is 22.4 Å².